The van der Waals surface area contributed by atoms with Crippen LogP contribution in [0, 0.1) is 0 Å². The van der Waals surface area contributed by atoms with Gasteiger partial charge in [0.15, 0.2) is 0 Å². The molecule has 0 aliphatic carbocycles. The first-order chi connectivity index (χ1) is 8.33. The summed E-state index contributed by atoms with van der Waals surface area (Å²) in [6, 6.07) is 9.34. The SMILES string of the molecule is Nc1cccc(-c2nc(-c3ccsc3)no2)c1. The van der Waals surface area contributed by atoms with Crippen molar-refractivity contribution >= 4 is 17.0 Å². The number of anilines is 1. The molecule has 2 N–H and O–H groups in total. The van der Waals surface area contributed by atoms with Gasteiger partial charge in [-0.1, -0.05) is 11.2 Å². The predicted molar refractivity (Wildman–Crippen MR) is 67.5 cm³/mol. The third kappa shape index (κ3) is 1.92. The van der Waals surface area contributed by atoms with Crippen LogP contribution in [0.5, 0.6) is 0 Å². The van der Waals surface area contributed by atoms with Crippen LogP contribution >= 0.6 is 11.3 Å². The Hall–Kier alpha value is -2.14. The molecule has 0 amide bonds. The minimum Gasteiger partial charge on any atom is -0.399 e. The van der Waals surface area contributed by atoms with E-state index >= 15 is 0 Å². The summed E-state index contributed by atoms with van der Waals surface area (Å²) in [5, 5.41) is 7.90. The van der Waals surface area contributed by atoms with Crippen LogP contribution in [-0.2, 0) is 0 Å². The lowest BCUT2D eigenvalue weighted by Crippen LogP contribution is -1.85. The van der Waals surface area contributed by atoms with Crippen molar-refractivity contribution < 1.29 is 4.52 Å². The van der Waals surface area contributed by atoms with E-state index in [-0.39, 0.29) is 0 Å². The van der Waals surface area contributed by atoms with Crippen molar-refractivity contribution in [3.8, 4) is 22.8 Å². The molecule has 0 fully saturated rings. The summed E-state index contributed by atoms with van der Waals surface area (Å²) in [6.45, 7) is 0. The van der Waals surface area contributed by atoms with Crippen molar-refractivity contribution in [1.82, 2.24) is 10.1 Å². The topological polar surface area (TPSA) is 64.9 Å². The van der Waals surface area contributed by atoms with E-state index in [1.54, 1.807) is 11.3 Å². The standard InChI is InChI=1S/C12H9N3OS/c13-10-3-1-2-8(6-10)12-14-11(15-16-12)9-4-5-17-7-9/h1-7H,13H2. The maximum atomic E-state index is 5.71. The van der Waals surface area contributed by atoms with E-state index in [9.17, 15) is 0 Å². The minimum absolute atomic E-state index is 0.485. The first-order valence-corrected chi connectivity index (χ1v) is 5.99. The second kappa shape index (κ2) is 4.03. The molecule has 0 atom stereocenters. The number of aromatic nitrogens is 2. The van der Waals surface area contributed by atoms with Gasteiger partial charge in [0.1, 0.15) is 0 Å². The molecule has 0 aliphatic rings. The fraction of sp³-hybridized carbons (Fsp3) is 0. The van der Waals surface area contributed by atoms with Crippen LogP contribution in [0.25, 0.3) is 22.8 Å². The fourth-order valence-electron chi connectivity index (χ4n) is 1.52. The molecule has 17 heavy (non-hydrogen) atoms. The van der Waals surface area contributed by atoms with Crippen molar-refractivity contribution in [1.29, 1.82) is 0 Å². The Bertz CT molecular complexity index is 631. The first kappa shape index (κ1) is 10.0. The van der Waals surface area contributed by atoms with Crippen LogP contribution in [0.3, 0.4) is 0 Å². The molecule has 0 saturated carbocycles. The molecule has 0 bridgehead atoms. The second-order valence-electron chi connectivity index (χ2n) is 3.56. The van der Waals surface area contributed by atoms with Gasteiger partial charge in [-0.25, -0.2) is 0 Å². The Morgan fingerprint density at radius 2 is 2.12 bits per heavy atom. The van der Waals surface area contributed by atoms with Gasteiger partial charge in [0, 0.05) is 22.2 Å². The minimum atomic E-state index is 0.485. The number of rotatable bonds is 2. The predicted octanol–water partition coefficient (Wildman–Crippen LogP) is 3.05. The number of nitrogens with zero attached hydrogens (tertiary/aromatic N) is 2. The van der Waals surface area contributed by atoms with Crippen LogP contribution in [0.1, 0.15) is 0 Å². The summed E-state index contributed by atoms with van der Waals surface area (Å²) in [4.78, 5) is 4.34. The number of benzene rings is 1. The second-order valence-corrected chi connectivity index (χ2v) is 4.34. The van der Waals surface area contributed by atoms with Gasteiger partial charge in [-0.2, -0.15) is 16.3 Å². The van der Waals surface area contributed by atoms with Crippen LogP contribution in [0.15, 0.2) is 45.6 Å². The average Bonchev–Trinajstić information content (AvgIpc) is 3.00. The molecular formula is C12H9N3OS. The molecule has 3 aromatic rings. The van der Waals surface area contributed by atoms with Gasteiger partial charge in [0.05, 0.1) is 0 Å². The zero-order valence-electron chi connectivity index (χ0n) is 8.83. The van der Waals surface area contributed by atoms with Gasteiger partial charge < -0.3 is 10.3 Å². The average molecular weight is 243 g/mol. The van der Waals surface area contributed by atoms with Gasteiger partial charge in [0.2, 0.25) is 5.82 Å². The van der Waals surface area contributed by atoms with Crippen LogP contribution in [0.4, 0.5) is 5.69 Å². The van der Waals surface area contributed by atoms with Gasteiger partial charge >= 0.3 is 0 Å². The lowest BCUT2D eigenvalue weighted by Gasteiger charge is -1.94. The van der Waals surface area contributed by atoms with Gasteiger partial charge in [0.25, 0.3) is 5.89 Å². The molecule has 3 rings (SSSR count). The Kier molecular flexibility index (Phi) is 2.38. The van der Waals surface area contributed by atoms with E-state index < -0.39 is 0 Å². The molecule has 0 unspecified atom stereocenters. The number of nitrogen functional groups attached to an aromatic ring is 1. The highest BCUT2D eigenvalue weighted by molar-refractivity contribution is 7.08. The Morgan fingerprint density at radius 3 is 2.88 bits per heavy atom. The summed E-state index contributed by atoms with van der Waals surface area (Å²) in [6.07, 6.45) is 0. The van der Waals surface area contributed by atoms with Crippen molar-refractivity contribution in [2.45, 2.75) is 0 Å². The smallest absolute Gasteiger partial charge is 0.258 e. The lowest BCUT2D eigenvalue weighted by molar-refractivity contribution is 0.432. The van der Waals surface area contributed by atoms with E-state index in [1.807, 2.05) is 41.1 Å². The summed E-state index contributed by atoms with van der Waals surface area (Å²) in [5.41, 5.74) is 8.19. The maximum absolute atomic E-state index is 5.71. The highest BCUT2D eigenvalue weighted by Gasteiger charge is 2.10. The lowest BCUT2D eigenvalue weighted by atomic mass is 10.2. The third-order valence-corrected chi connectivity index (χ3v) is 3.02. The molecule has 1 aromatic carbocycles. The molecule has 2 aromatic heterocycles. The van der Waals surface area contributed by atoms with E-state index in [4.69, 9.17) is 10.3 Å². The summed E-state index contributed by atoms with van der Waals surface area (Å²) >= 11 is 1.60. The highest BCUT2D eigenvalue weighted by Crippen LogP contribution is 2.24. The summed E-state index contributed by atoms with van der Waals surface area (Å²) < 4.78 is 5.22. The molecule has 0 aliphatic heterocycles. The Balaban J connectivity index is 2.01. The van der Waals surface area contributed by atoms with Crippen molar-refractivity contribution in [2.75, 3.05) is 5.73 Å². The molecular weight excluding hydrogens is 234 g/mol. The monoisotopic (exact) mass is 243 g/mol. The summed E-state index contributed by atoms with van der Waals surface area (Å²) in [7, 11) is 0. The van der Waals surface area contributed by atoms with Crippen LogP contribution in [-0.4, -0.2) is 10.1 Å². The van der Waals surface area contributed by atoms with E-state index in [0.29, 0.717) is 17.4 Å². The number of thiophene rings is 1. The first-order valence-electron chi connectivity index (χ1n) is 5.05. The number of hydrogen-bond donors (Lipinski definition) is 1. The summed E-state index contributed by atoms with van der Waals surface area (Å²) in [5.74, 6) is 1.09. The molecule has 84 valence electrons. The third-order valence-electron chi connectivity index (χ3n) is 2.34. The number of hydrogen-bond acceptors (Lipinski definition) is 5. The van der Waals surface area contributed by atoms with Crippen molar-refractivity contribution in [2.24, 2.45) is 0 Å². The van der Waals surface area contributed by atoms with E-state index in [1.165, 1.54) is 0 Å². The Morgan fingerprint density at radius 1 is 1.18 bits per heavy atom. The van der Waals surface area contributed by atoms with E-state index in [2.05, 4.69) is 10.1 Å². The number of nitrogens with two attached hydrogens (primary N) is 1. The molecule has 5 heteroatoms. The van der Waals surface area contributed by atoms with Crippen molar-refractivity contribution in [3.05, 3.63) is 41.1 Å². The van der Waals surface area contributed by atoms with Crippen LogP contribution in [0.2, 0.25) is 0 Å². The van der Waals surface area contributed by atoms with Gasteiger partial charge in [-0.3, -0.25) is 0 Å². The largest absolute Gasteiger partial charge is 0.399 e. The fourth-order valence-corrected chi connectivity index (χ4v) is 2.16. The maximum Gasteiger partial charge on any atom is 0.258 e. The van der Waals surface area contributed by atoms with E-state index in [0.717, 1.165) is 11.1 Å². The van der Waals surface area contributed by atoms with Gasteiger partial charge in [-0.15, -0.1) is 0 Å². The Labute approximate surface area is 102 Å². The molecule has 4 nitrogen and oxygen atoms in total. The van der Waals surface area contributed by atoms with Crippen molar-refractivity contribution in [3.63, 3.8) is 0 Å². The highest BCUT2D eigenvalue weighted by atomic mass is 32.1. The van der Waals surface area contributed by atoms with Crippen LogP contribution < -0.4 is 5.73 Å². The zero-order chi connectivity index (χ0) is 11.7. The normalized spacial score (nSPS) is 10.6. The zero-order valence-corrected chi connectivity index (χ0v) is 9.65. The molecule has 2 heterocycles. The molecule has 0 spiro atoms. The molecule has 0 saturated heterocycles. The quantitative estimate of drug-likeness (QED) is 0.702. The molecule has 0 radical (unpaired) electrons. The van der Waals surface area contributed by atoms with Gasteiger partial charge in [-0.05, 0) is 29.6 Å².